The minimum absolute atomic E-state index is 0.0811. The van der Waals surface area contributed by atoms with Gasteiger partial charge in [0.05, 0.1) is 6.61 Å². The number of ether oxygens (including phenoxy) is 2. The molecule has 0 aliphatic rings. The minimum Gasteiger partial charge on any atom is -0.462 e. The fraction of sp³-hybridized carbons (Fsp3) is 0.754. The summed E-state index contributed by atoms with van der Waals surface area (Å²) < 4.78 is 10.7. The lowest BCUT2D eigenvalue weighted by Crippen LogP contribution is -2.28. The lowest BCUT2D eigenvalue weighted by molar-refractivity contribution is -0.161. The van der Waals surface area contributed by atoms with Crippen LogP contribution in [-0.4, -0.2) is 36.4 Å². The molecule has 0 fully saturated rings. The Balaban J connectivity index is 3.51. The molecule has 0 aromatic carbocycles. The summed E-state index contributed by atoms with van der Waals surface area (Å²) in [7, 11) is 0. The molecule has 0 aromatic heterocycles. The van der Waals surface area contributed by atoms with Crippen molar-refractivity contribution in [2.45, 2.75) is 302 Å². The molecule has 5 heteroatoms. The second-order valence-corrected chi connectivity index (χ2v) is 20.1. The van der Waals surface area contributed by atoms with Gasteiger partial charge in [-0.2, -0.15) is 0 Å². The minimum atomic E-state index is -0.795. The smallest absolute Gasteiger partial charge is 0.306 e. The zero-order chi connectivity index (χ0) is 50.6. The second kappa shape index (κ2) is 60.4. The highest BCUT2D eigenvalue weighted by molar-refractivity contribution is 5.70. The fourth-order valence-electron chi connectivity index (χ4n) is 8.71. The Labute approximate surface area is 435 Å². The van der Waals surface area contributed by atoms with Crippen LogP contribution in [-0.2, 0) is 19.1 Å². The van der Waals surface area contributed by atoms with E-state index < -0.39 is 6.10 Å². The predicted molar refractivity (Wildman–Crippen MR) is 306 cm³/mol. The number of rotatable bonds is 55. The maximum Gasteiger partial charge on any atom is 0.306 e. The van der Waals surface area contributed by atoms with E-state index in [-0.39, 0.29) is 25.2 Å². The van der Waals surface area contributed by atoms with Crippen LogP contribution in [0.25, 0.3) is 0 Å². The summed E-state index contributed by atoms with van der Waals surface area (Å²) in [6.45, 7) is 4.03. The van der Waals surface area contributed by atoms with Crippen LogP contribution < -0.4 is 0 Å². The molecule has 0 heterocycles. The van der Waals surface area contributed by atoms with E-state index in [1.165, 1.54) is 180 Å². The van der Waals surface area contributed by atoms with Crippen LogP contribution in [0.1, 0.15) is 296 Å². The predicted octanol–water partition coefficient (Wildman–Crippen LogP) is 20.5. The topological polar surface area (TPSA) is 72.8 Å². The van der Waals surface area contributed by atoms with Crippen LogP contribution in [0.3, 0.4) is 0 Å². The number of allylic oxidation sites excluding steroid dienone is 14. The molecular formula is C65H114O5. The molecule has 0 aromatic rings. The lowest BCUT2D eigenvalue weighted by Gasteiger charge is -2.15. The average Bonchev–Trinajstić information content (AvgIpc) is 3.36. The molecule has 0 aliphatic heterocycles. The van der Waals surface area contributed by atoms with Crippen molar-refractivity contribution in [1.29, 1.82) is 0 Å². The van der Waals surface area contributed by atoms with Gasteiger partial charge in [0.2, 0.25) is 0 Å². The third kappa shape index (κ3) is 57.7. The summed E-state index contributed by atoms with van der Waals surface area (Å²) in [5.41, 5.74) is 0. The number of esters is 2. The Morgan fingerprint density at radius 2 is 0.614 bits per heavy atom. The third-order valence-corrected chi connectivity index (χ3v) is 13.2. The summed E-state index contributed by atoms with van der Waals surface area (Å²) >= 11 is 0. The first-order chi connectivity index (χ1) is 34.6. The molecule has 1 N–H and O–H groups in total. The number of hydrogen-bond acceptors (Lipinski definition) is 5. The van der Waals surface area contributed by atoms with Gasteiger partial charge in [-0.25, -0.2) is 0 Å². The Morgan fingerprint density at radius 1 is 0.343 bits per heavy atom. The van der Waals surface area contributed by atoms with Gasteiger partial charge in [0.15, 0.2) is 6.10 Å². The summed E-state index contributed by atoms with van der Waals surface area (Å²) in [5.74, 6) is -0.622. The first-order valence-electron chi connectivity index (χ1n) is 30.1. The van der Waals surface area contributed by atoms with Gasteiger partial charge < -0.3 is 14.6 Å². The Bertz CT molecular complexity index is 1290. The van der Waals surface area contributed by atoms with E-state index >= 15 is 0 Å². The molecule has 5 nitrogen and oxygen atoms in total. The van der Waals surface area contributed by atoms with Crippen molar-refractivity contribution in [1.82, 2.24) is 0 Å². The van der Waals surface area contributed by atoms with Crippen LogP contribution in [0.4, 0.5) is 0 Å². The standard InChI is InChI=1S/C65H114O5/c1-3-5-7-9-11-13-15-17-19-21-23-25-27-29-30-31-32-33-34-36-37-39-41-43-45-47-49-51-53-55-57-59-64(67)69-62-63(61-66)70-65(68)60-58-56-54-52-50-48-46-44-42-40-38-35-28-26-24-22-20-18-16-14-12-10-8-6-4-2/h6,8,12,14,18,20,24,26,35,38,42,44,48,50,63,66H,3-5,7,9-11,13,15-17,19,21-23,25,27-34,36-37,39-41,43,45-47,49,51-62H2,1-2H3/b8-6-,14-12-,20-18-,26-24-,38-35-,44-42-,50-48-. The zero-order valence-corrected chi connectivity index (χ0v) is 46.3. The SMILES string of the molecule is CC/C=C\C/C=C\C/C=C\C/C=C\C/C=C\C/C=C\C/C=C\CCCCCC(=O)OC(CO)COC(=O)CCCCCCCCCCCCCCCCCCCCCCCCCCCCCCCCC. The molecule has 1 atom stereocenters. The Hall–Kier alpha value is -2.92. The molecule has 404 valence electrons. The summed E-state index contributed by atoms with van der Waals surface area (Å²) in [6.07, 6.45) is 84.4. The van der Waals surface area contributed by atoms with Crippen molar-refractivity contribution in [3.63, 3.8) is 0 Å². The monoisotopic (exact) mass is 975 g/mol. The van der Waals surface area contributed by atoms with Crippen molar-refractivity contribution in [2.24, 2.45) is 0 Å². The van der Waals surface area contributed by atoms with Crippen LogP contribution in [0.2, 0.25) is 0 Å². The van der Waals surface area contributed by atoms with Crippen molar-refractivity contribution in [3.8, 4) is 0 Å². The second-order valence-electron chi connectivity index (χ2n) is 20.1. The van der Waals surface area contributed by atoms with Crippen molar-refractivity contribution >= 4 is 11.9 Å². The van der Waals surface area contributed by atoms with Crippen molar-refractivity contribution in [2.75, 3.05) is 13.2 Å². The molecule has 0 aliphatic carbocycles. The number of unbranched alkanes of at least 4 members (excludes halogenated alkanes) is 33. The fourth-order valence-corrected chi connectivity index (χ4v) is 8.71. The molecule has 0 radical (unpaired) electrons. The molecule has 0 saturated heterocycles. The molecule has 1 unspecified atom stereocenters. The quantitative estimate of drug-likeness (QED) is 0.0373. The van der Waals surface area contributed by atoms with E-state index in [9.17, 15) is 14.7 Å². The van der Waals surface area contributed by atoms with Gasteiger partial charge in [-0.3, -0.25) is 9.59 Å². The molecule has 0 saturated carbocycles. The molecular weight excluding hydrogens is 861 g/mol. The summed E-state index contributed by atoms with van der Waals surface area (Å²) in [4.78, 5) is 24.5. The van der Waals surface area contributed by atoms with Crippen LogP contribution in [0.5, 0.6) is 0 Å². The largest absolute Gasteiger partial charge is 0.462 e. The van der Waals surface area contributed by atoms with Crippen molar-refractivity contribution < 1.29 is 24.2 Å². The highest BCUT2D eigenvalue weighted by Gasteiger charge is 2.16. The Morgan fingerprint density at radius 3 is 0.929 bits per heavy atom. The number of aliphatic hydroxyl groups excluding tert-OH is 1. The van der Waals surface area contributed by atoms with Gasteiger partial charge in [-0.05, 0) is 70.6 Å². The molecule has 0 spiro atoms. The number of aliphatic hydroxyl groups is 1. The van der Waals surface area contributed by atoms with Gasteiger partial charge in [0.25, 0.3) is 0 Å². The maximum atomic E-state index is 12.3. The van der Waals surface area contributed by atoms with E-state index in [0.717, 1.165) is 89.9 Å². The number of hydrogen-bond donors (Lipinski definition) is 1. The van der Waals surface area contributed by atoms with E-state index in [0.29, 0.717) is 12.8 Å². The molecule has 70 heavy (non-hydrogen) atoms. The van der Waals surface area contributed by atoms with Gasteiger partial charge in [-0.15, -0.1) is 0 Å². The first kappa shape index (κ1) is 67.1. The van der Waals surface area contributed by atoms with E-state index in [1.54, 1.807) is 0 Å². The van der Waals surface area contributed by atoms with Gasteiger partial charge in [-0.1, -0.05) is 298 Å². The maximum absolute atomic E-state index is 12.3. The lowest BCUT2D eigenvalue weighted by atomic mass is 10.0. The number of carbonyl (C=O) groups excluding carboxylic acids is 2. The summed E-state index contributed by atoms with van der Waals surface area (Å²) in [5, 5.41) is 9.66. The molecule has 0 amide bonds. The normalized spacial score (nSPS) is 12.8. The first-order valence-corrected chi connectivity index (χ1v) is 30.1. The van der Waals surface area contributed by atoms with Crippen molar-refractivity contribution in [3.05, 3.63) is 85.1 Å². The van der Waals surface area contributed by atoms with E-state index in [1.807, 2.05) is 0 Å². The highest BCUT2D eigenvalue weighted by atomic mass is 16.6. The zero-order valence-electron chi connectivity index (χ0n) is 46.3. The van der Waals surface area contributed by atoms with Gasteiger partial charge in [0, 0.05) is 12.8 Å². The van der Waals surface area contributed by atoms with Crippen LogP contribution >= 0.6 is 0 Å². The van der Waals surface area contributed by atoms with Gasteiger partial charge >= 0.3 is 11.9 Å². The average molecular weight is 976 g/mol. The molecule has 0 rings (SSSR count). The summed E-state index contributed by atoms with van der Waals surface area (Å²) in [6, 6.07) is 0. The van der Waals surface area contributed by atoms with E-state index in [4.69, 9.17) is 9.47 Å². The number of carbonyl (C=O) groups is 2. The van der Waals surface area contributed by atoms with Gasteiger partial charge in [0.1, 0.15) is 6.61 Å². The molecule has 0 bridgehead atoms. The van der Waals surface area contributed by atoms with Crippen LogP contribution in [0.15, 0.2) is 85.1 Å². The highest BCUT2D eigenvalue weighted by Crippen LogP contribution is 2.17. The van der Waals surface area contributed by atoms with Crippen LogP contribution in [0, 0.1) is 0 Å². The third-order valence-electron chi connectivity index (χ3n) is 13.2. The van der Waals surface area contributed by atoms with E-state index in [2.05, 4.69) is 98.9 Å². The Kier molecular flexibility index (Phi) is 57.9.